The SMILES string of the molecule is C.[Cl-].[Cl-].[Zr+4].c1cc[cH-]c1.c1ccc2[cH-]ccc2c1. The number of halogens is 2. The van der Waals surface area contributed by atoms with Crippen molar-refractivity contribution in [3.63, 3.8) is 0 Å². The molecule has 0 atom stereocenters. The van der Waals surface area contributed by atoms with Gasteiger partial charge in [-0.3, -0.25) is 0 Å². The molecule has 0 amide bonds. The Hall–Kier alpha value is -0.357. The Labute approximate surface area is 141 Å². The standard InChI is InChI=1S/C9H7.C5H5.CH4.2ClH.Zr/c1-2-5-9-7-3-6-8(9)4-1;1-2-4-5-3-1;;;;/h1-7H;1-5H;1H4;2*1H;/q2*-1;;;;+4/p-2. The molecule has 3 aromatic carbocycles. The summed E-state index contributed by atoms with van der Waals surface area (Å²) in [6, 6.07) is 24.7. The van der Waals surface area contributed by atoms with Crippen LogP contribution in [-0.2, 0) is 26.2 Å². The summed E-state index contributed by atoms with van der Waals surface area (Å²) in [5, 5.41) is 2.66. The minimum absolute atomic E-state index is 0. The number of rotatable bonds is 0. The number of hydrogen-bond donors (Lipinski definition) is 0. The first-order chi connectivity index (χ1) is 6.97. The zero-order valence-electron chi connectivity index (χ0n) is 9.18. The van der Waals surface area contributed by atoms with Crippen LogP contribution < -0.4 is 24.8 Å². The van der Waals surface area contributed by atoms with Gasteiger partial charge in [0.2, 0.25) is 0 Å². The average Bonchev–Trinajstić information content (AvgIpc) is 2.92. The molecule has 3 rings (SSSR count). The van der Waals surface area contributed by atoms with Crippen molar-refractivity contribution in [1.29, 1.82) is 0 Å². The Morgan fingerprint density at radius 3 is 1.83 bits per heavy atom. The van der Waals surface area contributed by atoms with Gasteiger partial charge < -0.3 is 24.8 Å². The van der Waals surface area contributed by atoms with Crippen LogP contribution in [-0.4, -0.2) is 0 Å². The summed E-state index contributed by atoms with van der Waals surface area (Å²) in [4.78, 5) is 0. The molecule has 0 aliphatic heterocycles. The summed E-state index contributed by atoms with van der Waals surface area (Å²) in [5.74, 6) is 0. The van der Waals surface area contributed by atoms with Crippen molar-refractivity contribution in [2.45, 2.75) is 7.43 Å². The molecule has 0 radical (unpaired) electrons. The summed E-state index contributed by atoms with van der Waals surface area (Å²) >= 11 is 0. The van der Waals surface area contributed by atoms with Crippen LogP contribution in [0.4, 0.5) is 0 Å². The quantitative estimate of drug-likeness (QED) is 0.434. The molecule has 0 unspecified atom stereocenters. The van der Waals surface area contributed by atoms with E-state index >= 15 is 0 Å². The fourth-order valence-corrected chi connectivity index (χ4v) is 1.39. The molecule has 0 aromatic heterocycles. The molecule has 0 fully saturated rings. The summed E-state index contributed by atoms with van der Waals surface area (Å²) < 4.78 is 0. The summed E-state index contributed by atoms with van der Waals surface area (Å²) in [5.41, 5.74) is 0. The van der Waals surface area contributed by atoms with E-state index in [1.807, 2.05) is 30.3 Å². The second kappa shape index (κ2) is 13.1. The minimum atomic E-state index is 0. The first-order valence-electron chi connectivity index (χ1n) is 4.74. The van der Waals surface area contributed by atoms with Crippen LogP contribution in [0.1, 0.15) is 7.43 Å². The van der Waals surface area contributed by atoms with Gasteiger partial charge in [0.1, 0.15) is 0 Å². The Balaban J connectivity index is -0.000000224. The molecule has 94 valence electrons. The van der Waals surface area contributed by atoms with Crippen LogP contribution in [0.3, 0.4) is 0 Å². The third kappa shape index (κ3) is 7.16. The van der Waals surface area contributed by atoms with Crippen LogP contribution in [0.25, 0.3) is 10.8 Å². The molecule has 0 spiro atoms. The molecule has 0 saturated carbocycles. The van der Waals surface area contributed by atoms with Crippen LogP contribution in [0.5, 0.6) is 0 Å². The average molecular weight is 358 g/mol. The Kier molecular flexibility index (Phi) is 16.6. The molecule has 0 N–H and O–H groups in total. The van der Waals surface area contributed by atoms with E-state index in [1.165, 1.54) is 10.8 Å². The van der Waals surface area contributed by atoms with Gasteiger partial charge in [0, 0.05) is 0 Å². The van der Waals surface area contributed by atoms with E-state index < -0.39 is 0 Å². The molecule has 3 heteroatoms. The van der Waals surface area contributed by atoms with Gasteiger partial charge in [-0.2, -0.15) is 35.7 Å². The summed E-state index contributed by atoms with van der Waals surface area (Å²) in [6.45, 7) is 0. The topological polar surface area (TPSA) is 0 Å². The van der Waals surface area contributed by atoms with Crippen molar-refractivity contribution in [1.82, 2.24) is 0 Å². The number of benzene rings is 1. The van der Waals surface area contributed by atoms with E-state index in [4.69, 9.17) is 0 Å². The normalized spacial score (nSPS) is 7.33. The van der Waals surface area contributed by atoms with Crippen LogP contribution >= 0.6 is 0 Å². The van der Waals surface area contributed by atoms with E-state index in [0.717, 1.165) is 0 Å². The van der Waals surface area contributed by atoms with Gasteiger partial charge in [-0.15, -0.1) is 29.7 Å². The molecule has 3 aromatic rings. The maximum Gasteiger partial charge on any atom is 4.00 e. The molecule has 0 aliphatic rings. The van der Waals surface area contributed by atoms with E-state index in [9.17, 15) is 0 Å². The maximum atomic E-state index is 2.12. The van der Waals surface area contributed by atoms with Crippen molar-refractivity contribution >= 4 is 10.8 Å². The largest absolute Gasteiger partial charge is 4.00 e. The fourth-order valence-electron chi connectivity index (χ4n) is 1.39. The minimum Gasteiger partial charge on any atom is -1.00 e. The molecule has 0 saturated heterocycles. The second-order valence-electron chi connectivity index (χ2n) is 3.12. The van der Waals surface area contributed by atoms with Crippen LogP contribution in [0.2, 0.25) is 0 Å². The first kappa shape index (κ1) is 22.8. The molecule has 0 aliphatic carbocycles. The van der Waals surface area contributed by atoms with Gasteiger partial charge in [-0.25, -0.2) is 12.1 Å². The molecule has 0 bridgehead atoms. The van der Waals surface area contributed by atoms with Crippen molar-refractivity contribution < 1.29 is 51.0 Å². The third-order valence-corrected chi connectivity index (χ3v) is 2.10. The number of hydrogen-bond acceptors (Lipinski definition) is 0. The fraction of sp³-hybridized carbons (Fsp3) is 0.0667. The second-order valence-corrected chi connectivity index (χ2v) is 3.12. The maximum absolute atomic E-state index is 2.12. The molecular weight excluding hydrogens is 342 g/mol. The predicted molar refractivity (Wildman–Crippen MR) is 68.3 cm³/mol. The van der Waals surface area contributed by atoms with Gasteiger partial charge in [0.15, 0.2) is 0 Å². The first-order valence-corrected chi connectivity index (χ1v) is 4.74. The van der Waals surface area contributed by atoms with E-state index in [1.54, 1.807) is 0 Å². The monoisotopic (exact) mass is 356 g/mol. The van der Waals surface area contributed by atoms with Gasteiger partial charge in [0.25, 0.3) is 0 Å². The number of fused-ring (bicyclic) bond motifs is 1. The molecule has 0 nitrogen and oxygen atoms in total. The molecular formula is C15H16Cl2Zr. The van der Waals surface area contributed by atoms with Crippen LogP contribution in [0, 0.1) is 0 Å². The van der Waals surface area contributed by atoms with Crippen molar-refractivity contribution in [2.24, 2.45) is 0 Å². The Morgan fingerprint density at radius 2 is 1.33 bits per heavy atom. The zero-order valence-corrected chi connectivity index (χ0v) is 13.2. The summed E-state index contributed by atoms with van der Waals surface area (Å²) in [6.07, 6.45) is 0. The van der Waals surface area contributed by atoms with Gasteiger partial charge in [0.05, 0.1) is 0 Å². The molecule has 18 heavy (non-hydrogen) atoms. The van der Waals surface area contributed by atoms with Crippen molar-refractivity contribution in [3.05, 3.63) is 72.8 Å². The van der Waals surface area contributed by atoms with E-state index in [-0.39, 0.29) is 58.4 Å². The molecule has 0 heterocycles. The zero-order chi connectivity index (χ0) is 9.64. The third-order valence-electron chi connectivity index (χ3n) is 2.10. The Morgan fingerprint density at radius 1 is 0.722 bits per heavy atom. The predicted octanol–water partition coefficient (Wildman–Crippen LogP) is -1.39. The smallest absolute Gasteiger partial charge is 1.00 e. The summed E-state index contributed by atoms with van der Waals surface area (Å²) in [7, 11) is 0. The van der Waals surface area contributed by atoms with Gasteiger partial charge in [-0.1, -0.05) is 13.5 Å². The van der Waals surface area contributed by atoms with Crippen molar-refractivity contribution in [3.8, 4) is 0 Å². The van der Waals surface area contributed by atoms with E-state index in [0.29, 0.717) is 0 Å². The van der Waals surface area contributed by atoms with E-state index in [2.05, 4.69) is 42.5 Å². The van der Waals surface area contributed by atoms with Crippen LogP contribution in [0.15, 0.2) is 72.8 Å². The van der Waals surface area contributed by atoms with Crippen molar-refractivity contribution in [2.75, 3.05) is 0 Å². The van der Waals surface area contributed by atoms with Gasteiger partial charge in [-0.05, 0) is 0 Å². The van der Waals surface area contributed by atoms with Gasteiger partial charge >= 0.3 is 26.2 Å². The Bertz CT molecular complexity index is 424.